The third-order valence-corrected chi connectivity index (χ3v) is 4.56. The molecule has 0 saturated heterocycles. The van der Waals surface area contributed by atoms with Gasteiger partial charge in [-0.15, -0.1) is 0 Å². The van der Waals surface area contributed by atoms with Crippen LogP contribution in [0.15, 0.2) is 60.7 Å². The molecule has 3 aromatic rings. The zero-order chi connectivity index (χ0) is 19.8. The van der Waals surface area contributed by atoms with Crippen molar-refractivity contribution in [1.82, 2.24) is 0 Å². The lowest BCUT2D eigenvalue weighted by molar-refractivity contribution is -0.137. The molecule has 0 aromatic heterocycles. The maximum atomic E-state index is 13.8. The first kappa shape index (κ1) is 18.7. The quantitative estimate of drug-likeness (QED) is 0.583. The summed E-state index contributed by atoms with van der Waals surface area (Å²) in [5.41, 5.74) is 1.11. The van der Waals surface area contributed by atoms with Crippen LogP contribution in [0.2, 0.25) is 0 Å². The first-order valence-electron chi connectivity index (χ1n) is 8.30. The summed E-state index contributed by atoms with van der Waals surface area (Å²) in [6.07, 6.45) is -4.62. The molecule has 3 rings (SSSR count). The van der Waals surface area contributed by atoms with Crippen LogP contribution < -0.4 is 0 Å². The fraction of sp³-hybridized carbons (Fsp3) is 0.136. The third-order valence-electron chi connectivity index (χ3n) is 4.56. The first-order valence-corrected chi connectivity index (χ1v) is 8.30. The summed E-state index contributed by atoms with van der Waals surface area (Å²) in [6.45, 7) is 3.44. The van der Waals surface area contributed by atoms with Crippen molar-refractivity contribution in [2.45, 2.75) is 20.0 Å². The van der Waals surface area contributed by atoms with Crippen molar-refractivity contribution in [3.63, 3.8) is 0 Å². The molecule has 0 amide bonds. The van der Waals surface area contributed by atoms with Crippen LogP contribution in [0, 0.1) is 13.8 Å². The molecule has 0 spiro atoms. The molecule has 0 aliphatic carbocycles. The molecule has 0 atom stereocenters. The van der Waals surface area contributed by atoms with E-state index in [1.165, 1.54) is 0 Å². The Morgan fingerprint density at radius 1 is 0.778 bits per heavy atom. The average molecular weight is 370 g/mol. The number of carboxylic acid groups (broad SMARTS) is 1. The number of hydrogen-bond donors (Lipinski definition) is 1. The number of carbonyl (C=O) groups is 1. The van der Waals surface area contributed by atoms with E-state index in [9.17, 15) is 23.1 Å². The van der Waals surface area contributed by atoms with E-state index in [4.69, 9.17) is 0 Å². The molecule has 0 heterocycles. The van der Waals surface area contributed by atoms with Crippen LogP contribution in [0.5, 0.6) is 0 Å². The molecule has 0 bridgehead atoms. The van der Waals surface area contributed by atoms with Gasteiger partial charge in [-0.1, -0.05) is 48.5 Å². The zero-order valence-electron chi connectivity index (χ0n) is 14.8. The van der Waals surface area contributed by atoms with E-state index in [0.29, 0.717) is 22.3 Å². The number of carboxylic acids is 1. The molecule has 0 aliphatic rings. The monoisotopic (exact) mass is 370 g/mol. The lowest BCUT2D eigenvalue weighted by atomic mass is 9.88. The summed E-state index contributed by atoms with van der Waals surface area (Å²) in [4.78, 5) is 11.9. The van der Waals surface area contributed by atoms with Gasteiger partial charge in [0.2, 0.25) is 0 Å². The summed E-state index contributed by atoms with van der Waals surface area (Å²) in [6, 6.07) is 15.5. The van der Waals surface area contributed by atoms with Gasteiger partial charge in [-0.25, -0.2) is 4.79 Å². The van der Waals surface area contributed by atoms with E-state index in [-0.39, 0.29) is 16.7 Å². The van der Waals surface area contributed by atoms with E-state index in [0.717, 1.165) is 12.1 Å². The van der Waals surface area contributed by atoms with Crippen molar-refractivity contribution in [1.29, 1.82) is 0 Å². The number of hydrogen-bond acceptors (Lipinski definition) is 1. The maximum Gasteiger partial charge on any atom is 0.417 e. The molecule has 0 unspecified atom stereocenters. The largest absolute Gasteiger partial charge is 0.478 e. The highest BCUT2D eigenvalue weighted by molar-refractivity contribution is 5.99. The summed E-state index contributed by atoms with van der Waals surface area (Å²) in [7, 11) is 0. The molecule has 2 nitrogen and oxygen atoms in total. The van der Waals surface area contributed by atoms with Crippen LogP contribution in [0.25, 0.3) is 22.3 Å². The van der Waals surface area contributed by atoms with Crippen molar-refractivity contribution in [2.24, 2.45) is 0 Å². The van der Waals surface area contributed by atoms with Crippen molar-refractivity contribution >= 4 is 5.97 Å². The van der Waals surface area contributed by atoms with Gasteiger partial charge in [0.25, 0.3) is 0 Å². The highest BCUT2D eigenvalue weighted by atomic mass is 19.4. The number of aryl methyl sites for hydroxylation is 2. The van der Waals surface area contributed by atoms with Gasteiger partial charge in [0, 0.05) is 0 Å². The Morgan fingerprint density at radius 2 is 1.26 bits per heavy atom. The van der Waals surface area contributed by atoms with Gasteiger partial charge in [-0.05, 0) is 59.4 Å². The minimum atomic E-state index is -4.62. The summed E-state index contributed by atoms with van der Waals surface area (Å²) < 4.78 is 41.5. The molecule has 138 valence electrons. The third kappa shape index (κ3) is 3.58. The Kier molecular flexibility index (Phi) is 4.79. The van der Waals surface area contributed by atoms with E-state index >= 15 is 0 Å². The minimum Gasteiger partial charge on any atom is -0.478 e. The molecule has 5 heteroatoms. The van der Waals surface area contributed by atoms with Gasteiger partial charge >= 0.3 is 12.1 Å². The number of rotatable bonds is 3. The van der Waals surface area contributed by atoms with Gasteiger partial charge in [0.15, 0.2) is 0 Å². The lowest BCUT2D eigenvalue weighted by Crippen LogP contribution is -2.11. The number of aromatic carboxylic acids is 1. The van der Waals surface area contributed by atoms with E-state index in [1.54, 1.807) is 62.4 Å². The van der Waals surface area contributed by atoms with Crippen molar-refractivity contribution in [2.75, 3.05) is 0 Å². The zero-order valence-corrected chi connectivity index (χ0v) is 14.8. The maximum absolute atomic E-state index is 13.8. The van der Waals surface area contributed by atoms with Gasteiger partial charge in [0.05, 0.1) is 11.1 Å². The molecule has 0 fully saturated rings. The summed E-state index contributed by atoms with van der Waals surface area (Å²) >= 11 is 0. The number of halogens is 3. The number of benzene rings is 3. The van der Waals surface area contributed by atoms with E-state index < -0.39 is 17.7 Å². The van der Waals surface area contributed by atoms with Crippen LogP contribution in [-0.4, -0.2) is 11.1 Å². The summed E-state index contributed by atoms with van der Waals surface area (Å²) in [5, 5.41) is 9.67. The van der Waals surface area contributed by atoms with Crippen LogP contribution in [-0.2, 0) is 6.18 Å². The Labute approximate surface area is 154 Å². The van der Waals surface area contributed by atoms with Crippen LogP contribution >= 0.6 is 0 Å². The highest BCUT2D eigenvalue weighted by Crippen LogP contribution is 2.42. The van der Waals surface area contributed by atoms with Crippen LogP contribution in [0.1, 0.15) is 27.0 Å². The van der Waals surface area contributed by atoms with Gasteiger partial charge < -0.3 is 5.11 Å². The van der Waals surface area contributed by atoms with E-state index in [2.05, 4.69) is 0 Å². The molecule has 3 aromatic carbocycles. The molecular formula is C22H17F3O2. The first-order chi connectivity index (χ1) is 12.7. The molecule has 0 aliphatic heterocycles. The molecule has 1 N–H and O–H groups in total. The van der Waals surface area contributed by atoms with Crippen molar-refractivity contribution in [3.05, 3.63) is 82.9 Å². The van der Waals surface area contributed by atoms with Gasteiger partial charge in [-0.3, -0.25) is 0 Å². The Bertz CT molecular complexity index is 1020. The fourth-order valence-electron chi connectivity index (χ4n) is 3.21. The second-order valence-electron chi connectivity index (χ2n) is 6.38. The van der Waals surface area contributed by atoms with Gasteiger partial charge in [0.1, 0.15) is 0 Å². The second kappa shape index (κ2) is 6.91. The predicted molar refractivity (Wildman–Crippen MR) is 98.7 cm³/mol. The Morgan fingerprint density at radius 3 is 1.70 bits per heavy atom. The lowest BCUT2D eigenvalue weighted by Gasteiger charge is -2.19. The van der Waals surface area contributed by atoms with Crippen LogP contribution in [0.4, 0.5) is 13.2 Å². The fourth-order valence-corrected chi connectivity index (χ4v) is 3.21. The SMILES string of the molecule is Cc1ccccc1-c1cc(C(F)(F)F)c(-c2ccccc2C)cc1C(=O)O. The normalized spacial score (nSPS) is 11.4. The summed E-state index contributed by atoms with van der Waals surface area (Å²) in [5.74, 6) is -1.27. The van der Waals surface area contributed by atoms with Crippen molar-refractivity contribution < 1.29 is 23.1 Å². The predicted octanol–water partition coefficient (Wildman–Crippen LogP) is 6.35. The standard InChI is InChI=1S/C22H17F3O2/c1-13-7-3-5-9-15(13)17-12-20(22(23,24)25)18(11-19(17)21(26)27)16-10-6-4-8-14(16)2/h3-12H,1-2H3,(H,26,27). The topological polar surface area (TPSA) is 37.3 Å². The molecule has 27 heavy (non-hydrogen) atoms. The van der Waals surface area contributed by atoms with E-state index in [1.807, 2.05) is 0 Å². The molecular weight excluding hydrogens is 353 g/mol. The second-order valence-corrected chi connectivity index (χ2v) is 6.38. The Hall–Kier alpha value is -3.08. The smallest absolute Gasteiger partial charge is 0.417 e. The molecule has 0 radical (unpaired) electrons. The number of alkyl halides is 3. The molecule has 0 saturated carbocycles. The Balaban J connectivity index is 2.41. The van der Waals surface area contributed by atoms with Crippen molar-refractivity contribution in [3.8, 4) is 22.3 Å². The minimum absolute atomic E-state index is 0.0604. The van der Waals surface area contributed by atoms with Crippen LogP contribution in [0.3, 0.4) is 0 Å². The highest BCUT2D eigenvalue weighted by Gasteiger charge is 2.36. The van der Waals surface area contributed by atoms with Gasteiger partial charge in [-0.2, -0.15) is 13.2 Å². The average Bonchev–Trinajstić information content (AvgIpc) is 2.61.